The summed E-state index contributed by atoms with van der Waals surface area (Å²) in [5.41, 5.74) is 1.21. The number of nitrogens with one attached hydrogen (secondary N) is 2. The van der Waals surface area contributed by atoms with E-state index in [0.717, 1.165) is 13.0 Å². The number of thiophene rings is 1. The van der Waals surface area contributed by atoms with Crippen LogP contribution in [-0.4, -0.2) is 29.5 Å². The van der Waals surface area contributed by atoms with E-state index >= 15 is 0 Å². The molecule has 0 aliphatic heterocycles. The normalized spacial score (nSPS) is 10.7. The molecule has 2 amide bonds. The number of benzene rings is 1. The molecule has 3 rings (SSSR count). The summed E-state index contributed by atoms with van der Waals surface area (Å²) in [4.78, 5) is 24.2. The van der Waals surface area contributed by atoms with Gasteiger partial charge >= 0.3 is 0 Å². The van der Waals surface area contributed by atoms with Gasteiger partial charge in [0.25, 0.3) is 5.91 Å². The highest BCUT2D eigenvalue weighted by Gasteiger charge is 2.07. The third-order valence-electron chi connectivity index (χ3n) is 3.96. The Kier molecular flexibility index (Phi) is 5.85. The van der Waals surface area contributed by atoms with Gasteiger partial charge in [-0.2, -0.15) is 0 Å². The molecule has 1 aromatic carbocycles. The Morgan fingerprint density at radius 2 is 1.88 bits per heavy atom. The van der Waals surface area contributed by atoms with E-state index in [1.54, 1.807) is 6.07 Å². The van der Waals surface area contributed by atoms with Crippen LogP contribution in [0.15, 0.2) is 54.0 Å². The molecular formula is C19H21N3O2S. The quantitative estimate of drug-likeness (QED) is 0.610. The highest BCUT2D eigenvalue weighted by Crippen LogP contribution is 2.15. The molecule has 0 spiro atoms. The minimum absolute atomic E-state index is 0.0381. The molecule has 0 aliphatic rings. The monoisotopic (exact) mass is 355 g/mol. The van der Waals surface area contributed by atoms with E-state index in [0.29, 0.717) is 24.4 Å². The van der Waals surface area contributed by atoms with Crippen molar-refractivity contribution in [3.8, 4) is 0 Å². The molecule has 0 saturated heterocycles. The summed E-state index contributed by atoms with van der Waals surface area (Å²) in [6.07, 6.45) is 3.24. The first-order valence-electron chi connectivity index (χ1n) is 8.36. The number of aromatic nitrogens is 1. The number of carbonyl (C=O) groups excluding carboxylic acids is 2. The first kappa shape index (κ1) is 17.2. The molecule has 0 unspecified atom stereocenters. The van der Waals surface area contributed by atoms with E-state index < -0.39 is 0 Å². The van der Waals surface area contributed by atoms with Crippen molar-refractivity contribution < 1.29 is 9.59 Å². The Hall–Kier alpha value is -2.60. The molecule has 2 heterocycles. The zero-order valence-corrected chi connectivity index (χ0v) is 14.7. The maximum Gasteiger partial charge on any atom is 0.261 e. The van der Waals surface area contributed by atoms with Crippen molar-refractivity contribution in [3.63, 3.8) is 0 Å². The molecule has 6 heteroatoms. The molecule has 2 N–H and O–H groups in total. The summed E-state index contributed by atoms with van der Waals surface area (Å²) in [5.74, 6) is -0.161. The van der Waals surface area contributed by atoms with Gasteiger partial charge in [0.15, 0.2) is 0 Å². The van der Waals surface area contributed by atoms with Gasteiger partial charge in [0.2, 0.25) is 5.91 Å². The first-order valence-corrected chi connectivity index (χ1v) is 9.24. The molecule has 0 saturated carbocycles. The van der Waals surface area contributed by atoms with Gasteiger partial charge in [-0.3, -0.25) is 9.59 Å². The maximum atomic E-state index is 11.8. The predicted molar refractivity (Wildman–Crippen MR) is 101 cm³/mol. The van der Waals surface area contributed by atoms with Crippen LogP contribution in [0.2, 0.25) is 0 Å². The van der Waals surface area contributed by atoms with Crippen LogP contribution in [0.25, 0.3) is 10.9 Å². The standard InChI is InChI=1S/C19H21N3O2S/c23-18(8-11-21-19(24)17-7-3-14-25-17)20-10-4-12-22-13-9-15-5-1-2-6-16(15)22/h1-3,5-7,9,13-14H,4,8,10-12H2,(H,20,23)(H,21,24). The number of hydrogen-bond acceptors (Lipinski definition) is 3. The Bertz CT molecular complexity index is 839. The fraction of sp³-hybridized carbons (Fsp3) is 0.263. The predicted octanol–water partition coefficient (Wildman–Crippen LogP) is 3.03. The van der Waals surface area contributed by atoms with E-state index in [-0.39, 0.29) is 11.8 Å². The van der Waals surface area contributed by atoms with Crippen LogP contribution in [0.1, 0.15) is 22.5 Å². The van der Waals surface area contributed by atoms with Crippen LogP contribution in [-0.2, 0) is 11.3 Å². The van der Waals surface area contributed by atoms with Gasteiger partial charge in [-0.15, -0.1) is 11.3 Å². The van der Waals surface area contributed by atoms with Gasteiger partial charge in [0.1, 0.15) is 0 Å². The minimum atomic E-state index is -0.123. The summed E-state index contributed by atoms with van der Waals surface area (Å²) in [6.45, 7) is 1.85. The third-order valence-corrected chi connectivity index (χ3v) is 4.83. The fourth-order valence-corrected chi connectivity index (χ4v) is 3.33. The van der Waals surface area contributed by atoms with Crippen molar-refractivity contribution in [1.82, 2.24) is 15.2 Å². The molecule has 0 fully saturated rings. The van der Waals surface area contributed by atoms with E-state index in [9.17, 15) is 9.59 Å². The van der Waals surface area contributed by atoms with E-state index in [2.05, 4.69) is 39.6 Å². The number of aryl methyl sites for hydroxylation is 1. The van der Waals surface area contributed by atoms with Gasteiger partial charge in [-0.05, 0) is 35.4 Å². The lowest BCUT2D eigenvalue weighted by Gasteiger charge is -2.08. The Morgan fingerprint density at radius 3 is 2.72 bits per heavy atom. The van der Waals surface area contributed by atoms with Crippen LogP contribution < -0.4 is 10.6 Å². The number of amides is 2. The minimum Gasteiger partial charge on any atom is -0.356 e. The molecule has 0 atom stereocenters. The Labute approximate surface area is 150 Å². The summed E-state index contributed by atoms with van der Waals surface area (Å²) in [5, 5.41) is 8.74. The van der Waals surface area contributed by atoms with E-state index in [1.807, 2.05) is 23.6 Å². The molecule has 0 aliphatic carbocycles. The fourth-order valence-electron chi connectivity index (χ4n) is 2.69. The number of para-hydroxylation sites is 1. The second kappa shape index (κ2) is 8.48. The van der Waals surface area contributed by atoms with Crippen LogP contribution in [0.5, 0.6) is 0 Å². The number of fused-ring (bicyclic) bond motifs is 1. The van der Waals surface area contributed by atoms with Gasteiger partial charge < -0.3 is 15.2 Å². The SMILES string of the molecule is O=C(CCNC(=O)c1cccs1)NCCCn1ccc2ccccc21. The lowest BCUT2D eigenvalue weighted by Crippen LogP contribution is -2.31. The molecule has 0 bridgehead atoms. The second-order valence-corrected chi connectivity index (χ2v) is 6.70. The molecule has 3 aromatic rings. The zero-order chi connectivity index (χ0) is 17.5. The number of hydrogen-bond donors (Lipinski definition) is 2. The van der Waals surface area contributed by atoms with Crippen molar-refractivity contribution >= 4 is 34.1 Å². The van der Waals surface area contributed by atoms with Crippen molar-refractivity contribution in [2.75, 3.05) is 13.1 Å². The summed E-state index contributed by atoms with van der Waals surface area (Å²) in [7, 11) is 0. The van der Waals surface area contributed by atoms with Crippen molar-refractivity contribution in [2.24, 2.45) is 0 Å². The Morgan fingerprint density at radius 1 is 1.00 bits per heavy atom. The van der Waals surface area contributed by atoms with Crippen LogP contribution in [0, 0.1) is 0 Å². The molecule has 5 nitrogen and oxygen atoms in total. The van der Waals surface area contributed by atoms with Crippen LogP contribution in [0.3, 0.4) is 0 Å². The molecule has 0 radical (unpaired) electrons. The number of nitrogens with zero attached hydrogens (tertiary/aromatic N) is 1. The topological polar surface area (TPSA) is 63.1 Å². The third kappa shape index (κ3) is 4.70. The number of carbonyl (C=O) groups is 2. The largest absolute Gasteiger partial charge is 0.356 e. The van der Waals surface area contributed by atoms with Gasteiger partial charge in [-0.1, -0.05) is 24.3 Å². The summed E-state index contributed by atoms with van der Waals surface area (Å²) >= 11 is 1.39. The Balaban J connectivity index is 1.32. The van der Waals surface area contributed by atoms with Gasteiger partial charge in [0.05, 0.1) is 4.88 Å². The maximum absolute atomic E-state index is 11.8. The van der Waals surface area contributed by atoms with E-state index in [1.165, 1.54) is 22.2 Å². The summed E-state index contributed by atoms with van der Waals surface area (Å²) in [6, 6.07) is 14.0. The second-order valence-electron chi connectivity index (χ2n) is 5.75. The molecule has 25 heavy (non-hydrogen) atoms. The van der Waals surface area contributed by atoms with Crippen molar-refractivity contribution in [2.45, 2.75) is 19.4 Å². The molecule has 130 valence electrons. The summed E-state index contributed by atoms with van der Waals surface area (Å²) < 4.78 is 2.20. The highest BCUT2D eigenvalue weighted by atomic mass is 32.1. The average Bonchev–Trinajstić information content (AvgIpc) is 3.29. The van der Waals surface area contributed by atoms with Crippen LogP contribution >= 0.6 is 11.3 Å². The van der Waals surface area contributed by atoms with Gasteiger partial charge in [-0.25, -0.2) is 0 Å². The lowest BCUT2D eigenvalue weighted by atomic mass is 10.2. The highest BCUT2D eigenvalue weighted by molar-refractivity contribution is 7.12. The van der Waals surface area contributed by atoms with Gasteiger partial charge in [0, 0.05) is 37.8 Å². The average molecular weight is 355 g/mol. The number of rotatable bonds is 8. The lowest BCUT2D eigenvalue weighted by molar-refractivity contribution is -0.120. The smallest absolute Gasteiger partial charge is 0.261 e. The van der Waals surface area contributed by atoms with E-state index in [4.69, 9.17) is 0 Å². The van der Waals surface area contributed by atoms with Crippen molar-refractivity contribution in [3.05, 3.63) is 58.9 Å². The molecular weight excluding hydrogens is 334 g/mol. The zero-order valence-electron chi connectivity index (χ0n) is 13.9. The van der Waals surface area contributed by atoms with Crippen LogP contribution in [0.4, 0.5) is 0 Å². The first-order chi connectivity index (χ1) is 12.2. The molecule has 2 aromatic heterocycles. The van der Waals surface area contributed by atoms with Crippen molar-refractivity contribution in [1.29, 1.82) is 0 Å².